The second-order valence-electron chi connectivity index (χ2n) is 3.51. The number of aromatic carboxylic acids is 1. The summed E-state index contributed by atoms with van der Waals surface area (Å²) in [5, 5.41) is 9.77. The molecular weight excluding hydrogens is 291 g/mol. The van der Waals surface area contributed by atoms with Crippen LogP contribution in [0.1, 0.15) is 10.4 Å². The molecular formula is C13H8Cl2O2S. The highest BCUT2D eigenvalue weighted by molar-refractivity contribution is 7.99. The van der Waals surface area contributed by atoms with E-state index < -0.39 is 5.97 Å². The molecule has 2 aromatic carbocycles. The molecule has 0 aliphatic carbocycles. The number of hydrogen-bond acceptors (Lipinski definition) is 2. The van der Waals surface area contributed by atoms with Crippen LogP contribution in [-0.4, -0.2) is 11.1 Å². The van der Waals surface area contributed by atoms with E-state index in [9.17, 15) is 4.79 Å². The Bertz CT molecular complexity index is 599. The van der Waals surface area contributed by atoms with E-state index >= 15 is 0 Å². The average Bonchev–Trinajstić information content (AvgIpc) is 2.28. The van der Waals surface area contributed by atoms with Crippen molar-refractivity contribution in [1.82, 2.24) is 0 Å². The molecule has 0 saturated carbocycles. The van der Waals surface area contributed by atoms with E-state index in [2.05, 4.69) is 0 Å². The normalized spacial score (nSPS) is 10.3. The van der Waals surface area contributed by atoms with Gasteiger partial charge in [-0.3, -0.25) is 0 Å². The maximum Gasteiger partial charge on any atom is 0.337 e. The number of benzene rings is 2. The molecule has 18 heavy (non-hydrogen) atoms. The van der Waals surface area contributed by atoms with Crippen molar-refractivity contribution < 1.29 is 9.90 Å². The SMILES string of the molecule is O=C(O)c1ccc(Sc2cccc(Cl)c2)cc1Cl. The lowest BCUT2D eigenvalue weighted by molar-refractivity contribution is 0.0697. The lowest BCUT2D eigenvalue weighted by Crippen LogP contribution is -1.96. The molecule has 92 valence electrons. The van der Waals surface area contributed by atoms with Gasteiger partial charge in [0, 0.05) is 14.8 Å². The molecule has 0 spiro atoms. The van der Waals surface area contributed by atoms with Crippen molar-refractivity contribution in [3.63, 3.8) is 0 Å². The minimum atomic E-state index is -1.03. The summed E-state index contributed by atoms with van der Waals surface area (Å²) >= 11 is 13.3. The monoisotopic (exact) mass is 298 g/mol. The first-order valence-electron chi connectivity index (χ1n) is 5.02. The molecule has 0 amide bonds. The lowest BCUT2D eigenvalue weighted by Gasteiger charge is -2.04. The summed E-state index contributed by atoms with van der Waals surface area (Å²) in [7, 11) is 0. The Balaban J connectivity index is 2.25. The molecule has 0 aliphatic rings. The molecule has 0 heterocycles. The Labute approximate surface area is 119 Å². The van der Waals surface area contributed by atoms with Gasteiger partial charge >= 0.3 is 5.97 Å². The first-order chi connectivity index (χ1) is 8.56. The first kappa shape index (κ1) is 13.3. The maximum absolute atomic E-state index is 10.8. The summed E-state index contributed by atoms with van der Waals surface area (Å²) in [6, 6.07) is 12.3. The van der Waals surface area contributed by atoms with Gasteiger partial charge in [-0.15, -0.1) is 0 Å². The van der Waals surface area contributed by atoms with Gasteiger partial charge in [0.15, 0.2) is 0 Å². The van der Waals surface area contributed by atoms with E-state index in [1.54, 1.807) is 18.2 Å². The van der Waals surface area contributed by atoms with E-state index in [-0.39, 0.29) is 10.6 Å². The van der Waals surface area contributed by atoms with Gasteiger partial charge in [-0.1, -0.05) is 41.0 Å². The second-order valence-corrected chi connectivity index (χ2v) is 5.50. The summed E-state index contributed by atoms with van der Waals surface area (Å²) in [5.74, 6) is -1.03. The van der Waals surface area contributed by atoms with Crippen molar-refractivity contribution >= 4 is 40.9 Å². The van der Waals surface area contributed by atoms with Crippen LogP contribution in [0.3, 0.4) is 0 Å². The molecule has 0 atom stereocenters. The minimum Gasteiger partial charge on any atom is -0.478 e. The largest absolute Gasteiger partial charge is 0.478 e. The van der Waals surface area contributed by atoms with Crippen LogP contribution < -0.4 is 0 Å². The summed E-state index contributed by atoms with van der Waals surface area (Å²) in [5.41, 5.74) is 0.104. The molecule has 2 nitrogen and oxygen atoms in total. The highest BCUT2D eigenvalue weighted by Crippen LogP contribution is 2.32. The van der Waals surface area contributed by atoms with Gasteiger partial charge in [-0.2, -0.15) is 0 Å². The highest BCUT2D eigenvalue weighted by Gasteiger charge is 2.09. The Morgan fingerprint density at radius 2 is 1.78 bits per heavy atom. The van der Waals surface area contributed by atoms with Crippen LogP contribution in [0.15, 0.2) is 52.3 Å². The molecule has 0 fully saturated rings. The van der Waals surface area contributed by atoms with E-state index in [0.29, 0.717) is 5.02 Å². The van der Waals surface area contributed by atoms with Crippen LogP contribution in [0.2, 0.25) is 10.0 Å². The predicted molar refractivity (Wildman–Crippen MR) is 74.0 cm³/mol. The topological polar surface area (TPSA) is 37.3 Å². The molecule has 2 rings (SSSR count). The zero-order chi connectivity index (χ0) is 13.1. The van der Waals surface area contributed by atoms with Crippen LogP contribution in [0, 0.1) is 0 Å². The third-order valence-corrected chi connectivity index (χ3v) is 3.73. The van der Waals surface area contributed by atoms with Crippen LogP contribution >= 0.6 is 35.0 Å². The minimum absolute atomic E-state index is 0.104. The van der Waals surface area contributed by atoms with Gasteiger partial charge in [-0.25, -0.2) is 4.79 Å². The number of halogens is 2. The molecule has 0 bridgehead atoms. The Hall–Kier alpha value is -1.16. The first-order valence-corrected chi connectivity index (χ1v) is 6.60. The molecule has 0 unspecified atom stereocenters. The fourth-order valence-electron chi connectivity index (χ4n) is 1.40. The Kier molecular flexibility index (Phi) is 4.17. The summed E-state index contributed by atoms with van der Waals surface area (Å²) in [6.07, 6.45) is 0. The van der Waals surface area contributed by atoms with Gasteiger partial charge in [-0.05, 0) is 36.4 Å². The average molecular weight is 299 g/mol. The third-order valence-electron chi connectivity index (χ3n) is 2.20. The van der Waals surface area contributed by atoms with Crippen LogP contribution in [0.5, 0.6) is 0 Å². The molecule has 0 aromatic heterocycles. The van der Waals surface area contributed by atoms with Crippen molar-refractivity contribution in [3.8, 4) is 0 Å². The van der Waals surface area contributed by atoms with Gasteiger partial charge in [0.2, 0.25) is 0 Å². The quantitative estimate of drug-likeness (QED) is 0.881. The third kappa shape index (κ3) is 3.19. The lowest BCUT2D eigenvalue weighted by atomic mass is 10.2. The summed E-state index contributed by atoms with van der Waals surface area (Å²) in [4.78, 5) is 12.7. The second kappa shape index (κ2) is 5.65. The molecule has 0 aliphatic heterocycles. The van der Waals surface area contributed by atoms with Crippen molar-refractivity contribution in [2.75, 3.05) is 0 Å². The molecule has 5 heteroatoms. The summed E-state index contributed by atoms with van der Waals surface area (Å²) in [6.45, 7) is 0. The van der Waals surface area contributed by atoms with Crippen molar-refractivity contribution in [2.24, 2.45) is 0 Å². The van der Waals surface area contributed by atoms with E-state index in [1.807, 2.05) is 18.2 Å². The zero-order valence-corrected chi connectivity index (χ0v) is 11.4. The van der Waals surface area contributed by atoms with Crippen LogP contribution in [-0.2, 0) is 0 Å². The standard InChI is InChI=1S/C13H8Cl2O2S/c14-8-2-1-3-9(6-8)18-10-4-5-11(13(16)17)12(15)7-10/h1-7H,(H,16,17). The smallest absolute Gasteiger partial charge is 0.337 e. The van der Waals surface area contributed by atoms with Gasteiger partial charge < -0.3 is 5.11 Å². The van der Waals surface area contributed by atoms with Gasteiger partial charge in [0.25, 0.3) is 0 Å². The van der Waals surface area contributed by atoms with Gasteiger partial charge in [0.05, 0.1) is 10.6 Å². The number of carboxylic acid groups (broad SMARTS) is 1. The van der Waals surface area contributed by atoms with Crippen molar-refractivity contribution in [1.29, 1.82) is 0 Å². The maximum atomic E-state index is 10.8. The van der Waals surface area contributed by atoms with E-state index in [1.165, 1.54) is 17.8 Å². The van der Waals surface area contributed by atoms with E-state index in [0.717, 1.165) is 9.79 Å². The summed E-state index contributed by atoms with van der Waals surface area (Å²) < 4.78 is 0. The zero-order valence-electron chi connectivity index (χ0n) is 9.06. The predicted octanol–water partition coefficient (Wildman–Crippen LogP) is 4.84. The highest BCUT2D eigenvalue weighted by atomic mass is 35.5. The van der Waals surface area contributed by atoms with Crippen LogP contribution in [0.4, 0.5) is 0 Å². The number of carbonyl (C=O) groups is 1. The Morgan fingerprint density at radius 3 is 2.39 bits per heavy atom. The van der Waals surface area contributed by atoms with Crippen molar-refractivity contribution in [2.45, 2.75) is 9.79 Å². The Morgan fingerprint density at radius 1 is 1.06 bits per heavy atom. The molecule has 1 N–H and O–H groups in total. The molecule has 2 aromatic rings. The fourth-order valence-corrected chi connectivity index (χ4v) is 2.90. The molecule has 0 radical (unpaired) electrons. The van der Waals surface area contributed by atoms with Gasteiger partial charge in [0.1, 0.15) is 0 Å². The fraction of sp³-hybridized carbons (Fsp3) is 0. The van der Waals surface area contributed by atoms with E-state index in [4.69, 9.17) is 28.3 Å². The van der Waals surface area contributed by atoms with Crippen molar-refractivity contribution in [3.05, 3.63) is 58.1 Å². The number of carboxylic acids is 1. The number of hydrogen-bond donors (Lipinski definition) is 1. The molecule has 0 saturated heterocycles. The number of rotatable bonds is 3. The van der Waals surface area contributed by atoms with Crippen LogP contribution in [0.25, 0.3) is 0 Å².